The summed E-state index contributed by atoms with van der Waals surface area (Å²) >= 11 is 0. The first-order valence-electron chi connectivity index (χ1n) is 9.84. The summed E-state index contributed by atoms with van der Waals surface area (Å²) < 4.78 is 6.14. The Morgan fingerprint density at radius 3 is 1.57 bits per heavy atom. The van der Waals surface area contributed by atoms with Gasteiger partial charge in [0.05, 0.1) is 25.4 Å². The molecule has 0 radical (unpaired) electrons. The molecule has 0 saturated heterocycles. The van der Waals surface area contributed by atoms with Gasteiger partial charge in [-0.15, -0.1) is 0 Å². The van der Waals surface area contributed by atoms with Crippen molar-refractivity contribution in [2.75, 3.05) is 6.61 Å². The second-order valence-corrected chi connectivity index (χ2v) is 7.13. The number of aliphatic hydroxyl groups is 1. The molecule has 0 aliphatic heterocycles. The minimum atomic E-state index is -0.0994. The Morgan fingerprint density at radius 2 is 1.14 bits per heavy atom. The fourth-order valence-corrected chi connectivity index (χ4v) is 3.40. The Morgan fingerprint density at radius 1 is 0.714 bits per heavy atom. The summed E-state index contributed by atoms with van der Waals surface area (Å²) in [7, 11) is 0. The van der Waals surface area contributed by atoms with Crippen LogP contribution in [0.2, 0.25) is 0 Å². The van der Waals surface area contributed by atoms with Crippen LogP contribution in [-0.4, -0.2) is 28.8 Å². The smallest absolute Gasteiger partial charge is 0.0729 e. The van der Waals surface area contributed by atoms with Crippen molar-refractivity contribution in [3.05, 3.63) is 108 Å². The molecule has 0 heterocycles. The highest BCUT2D eigenvalue weighted by Crippen LogP contribution is 2.18. The lowest BCUT2D eigenvalue weighted by atomic mass is 10.1. The molecule has 3 nitrogen and oxygen atoms in total. The average molecular weight is 376 g/mol. The first-order valence-corrected chi connectivity index (χ1v) is 9.84. The van der Waals surface area contributed by atoms with E-state index >= 15 is 0 Å². The Labute approximate surface area is 168 Å². The molecular formula is C25H29NO2. The molecule has 3 heteroatoms. The third-order valence-corrected chi connectivity index (χ3v) is 5.01. The largest absolute Gasteiger partial charge is 0.395 e. The number of hydrogen-bond acceptors (Lipinski definition) is 3. The number of aliphatic hydroxyl groups excluding tert-OH is 1. The molecule has 0 aliphatic rings. The van der Waals surface area contributed by atoms with E-state index in [-0.39, 0.29) is 18.8 Å². The molecule has 1 N–H and O–H groups in total. The highest BCUT2D eigenvalue weighted by atomic mass is 16.5. The number of benzene rings is 3. The zero-order chi connectivity index (χ0) is 19.6. The molecule has 146 valence electrons. The van der Waals surface area contributed by atoms with Gasteiger partial charge in [0.2, 0.25) is 0 Å². The lowest BCUT2D eigenvalue weighted by molar-refractivity contribution is -0.0378. The highest BCUT2D eigenvalue weighted by Gasteiger charge is 2.25. The fourth-order valence-electron chi connectivity index (χ4n) is 3.40. The number of hydrogen-bond donors (Lipinski definition) is 1. The van der Waals surface area contributed by atoms with Crippen LogP contribution >= 0.6 is 0 Å². The lowest BCUT2D eigenvalue weighted by Crippen LogP contribution is -2.45. The van der Waals surface area contributed by atoms with Crippen LogP contribution in [0.5, 0.6) is 0 Å². The Kier molecular flexibility index (Phi) is 7.80. The molecule has 3 rings (SSSR count). The van der Waals surface area contributed by atoms with Crippen LogP contribution in [-0.2, 0) is 24.4 Å². The lowest BCUT2D eigenvalue weighted by Gasteiger charge is -2.34. The van der Waals surface area contributed by atoms with E-state index in [1.54, 1.807) is 0 Å². The number of rotatable bonds is 10. The molecule has 0 aromatic heterocycles. The maximum atomic E-state index is 10.2. The third-order valence-electron chi connectivity index (χ3n) is 5.01. The molecule has 0 saturated carbocycles. The van der Waals surface area contributed by atoms with Crippen molar-refractivity contribution in [1.29, 1.82) is 0 Å². The van der Waals surface area contributed by atoms with E-state index in [1.807, 2.05) is 37.3 Å². The van der Waals surface area contributed by atoms with E-state index in [0.717, 1.165) is 18.7 Å². The summed E-state index contributed by atoms with van der Waals surface area (Å²) in [5.41, 5.74) is 3.60. The summed E-state index contributed by atoms with van der Waals surface area (Å²) in [5, 5.41) is 10.2. The first-order chi connectivity index (χ1) is 13.8. The van der Waals surface area contributed by atoms with Crippen molar-refractivity contribution < 1.29 is 9.84 Å². The second kappa shape index (κ2) is 10.8. The third kappa shape index (κ3) is 6.03. The molecule has 3 aromatic rings. The molecule has 0 amide bonds. The van der Waals surface area contributed by atoms with Crippen LogP contribution in [0.15, 0.2) is 91.0 Å². The van der Waals surface area contributed by atoms with Gasteiger partial charge in [-0.05, 0) is 23.6 Å². The van der Waals surface area contributed by atoms with Crippen molar-refractivity contribution >= 4 is 0 Å². The summed E-state index contributed by atoms with van der Waals surface area (Å²) in [6, 6.07) is 30.9. The maximum absolute atomic E-state index is 10.2. The van der Waals surface area contributed by atoms with Crippen molar-refractivity contribution in [3.8, 4) is 0 Å². The topological polar surface area (TPSA) is 32.7 Å². The van der Waals surface area contributed by atoms with Gasteiger partial charge in [-0.1, -0.05) is 91.0 Å². The van der Waals surface area contributed by atoms with Gasteiger partial charge in [0, 0.05) is 13.1 Å². The van der Waals surface area contributed by atoms with E-state index in [4.69, 9.17) is 4.74 Å². The van der Waals surface area contributed by atoms with Gasteiger partial charge in [-0.2, -0.15) is 0 Å². The van der Waals surface area contributed by atoms with E-state index < -0.39 is 0 Å². The molecule has 3 aromatic carbocycles. The number of ether oxygens (including phenoxy) is 1. The molecule has 0 fully saturated rings. The van der Waals surface area contributed by atoms with Crippen LogP contribution in [0.4, 0.5) is 0 Å². The molecule has 28 heavy (non-hydrogen) atoms. The van der Waals surface area contributed by atoms with Crippen LogP contribution in [0.3, 0.4) is 0 Å². The normalized spacial score (nSPS) is 13.4. The van der Waals surface area contributed by atoms with Crippen molar-refractivity contribution in [1.82, 2.24) is 4.90 Å². The van der Waals surface area contributed by atoms with Crippen LogP contribution in [0, 0.1) is 0 Å². The standard InChI is InChI=1S/C25H29NO2/c1-21(28-20-24-15-9-4-10-16-24)25(19-27)26(17-22-11-5-2-6-12-22)18-23-13-7-3-8-14-23/h2-16,21,25,27H,17-20H2,1H3. The molecule has 2 atom stereocenters. The molecule has 2 unspecified atom stereocenters. The predicted molar refractivity (Wildman–Crippen MR) is 114 cm³/mol. The van der Waals surface area contributed by atoms with Gasteiger partial charge in [0.1, 0.15) is 0 Å². The minimum Gasteiger partial charge on any atom is -0.395 e. The molecule has 0 bridgehead atoms. The predicted octanol–water partition coefficient (Wildman–Crippen LogP) is 4.66. The van der Waals surface area contributed by atoms with Crippen molar-refractivity contribution in [2.45, 2.75) is 38.8 Å². The van der Waals surface area contributed by atoms with Crippen molar-refractivity contribution in [2.24, 2.45) is 0 Å². The van der Waals surface area contributed by atoms with E-state index in [1.165, 1.54) is 11.1 Å². The first kappa shape index (κ1) is 20.3. The minimum absolute atomic E-state index is 0.0512. The fraction of sp³-hybridized carbons (Fsp3) is 0.280. The zero-order valence-corrected chi connectivity index (χ0v) is 16.4. The Balaban J connectivity index is 1.73. The quantitative estimate of drug-likeness (QED) is 0.560. The Hall–Kier alpha value is -2.46. The van der Waals surface area contributed by atoms with Gasteiger partial charge < -0.3 is 9.84 Å². The van der Waals surface area contributed by atoms with Gasteiger partial charge in [0.15, 0.2) is 0 Å². The highest BCUT2D eigenvalue weighted by molar-refractivity contribution is 5.18. The summed E-state index contributed by atoms with van der Waals surface area (Å²) in [6.45, 7) is 4.17. The molecule has 0 spiro atoms. The summed E-state index contributed by atoms with van der Waals surface area (Å²) in [6.07, 6.45) is -0.0994. The molecular weight excluding hydrogens is 346 g/mol. The summed E-state index contributed by atoms with van der Waals surface area (Å²) in [5.74, 6) is 0. The van der Waals surface area contributed by atoms with E-state index in [0.29, 0.717) is 6.61 Å². The van der Waals surface area contributed by atoms with Crippen LogP contribution < -0.4 is 0 Å². The maximum Gasteiger partial charge on any atom is 0.0729 e. The molecule has 0 aliphatic carbocycles. The van der Waals surface area contributed by atoms with Gasteiger partial charge in [-0.25, -0.2) is 0 Å². The van der Waals surface area contributed by atoms with Crippen LogP contribution in [0.25, 0.3) is 0 Å². The van der Waals surface area contributed by atoms with E-state index in [2.05, 4.69) is 65.6 Å². The monoisotopic (exact) mass is 375 g/mol. The number of nitrogens with zero attached hydrogens (tertiary/aromatic N) is 1. The van der Waals surface area contributed by atoms with Crippen molar-refractivity contribution in [3.63, 3.8) is 0 Å². The average Bonchev–Trinajstić information content (AvgIpc) is 2.75. The summed E-state index contributed by atoms with van der Waals surface area (Å²) in [4.78, 5) is 2.31. The second-order valence-electron chi connectivity index (χ2n) is 7.13. The van der Waals surface area contributed by atoms with Crippen LogP contribution in [0.1, 0.15) is 23.6 Å². The van der Waals surface area contributed by atoms with Gasteiger partial charge in [-0.3, -0.25) is 4.90 Å². The SMILES string of the molecule is CC(OCc1ccccc1)C(CO)N(Cc1ccccc1)Cc1ccccc1. The van der Waals surface area contributed by atoms with Gasteiger partial charge in [0.25, 0.3) is 0 Å². The van der Waals surface area contributed by atoms with E-state index in [9.17, 15) is 5.11 Å². The van der Waals surface area contributed by atoms with Gasteiger partial charge >= 0.3 is 0 Å². The zero-order valence-electron chi connectivity index (χ0n) is 16.4. The Bertz CT molecular complexity index is 751.